The van der Waals surface area contributed by atoms with Crippen molar-refractivity contribution < 1.29 is 19.0 Å². The molecule has 1 aromatic carbocycles. The summed E-state index contributed by atoms with van der Waals surface area (Å²) in [7, 11) is 3.33. The molecule has 0 fully saturated rings. The van der Waals surface area contributed by atoms with Gasteiger partial charge in [0.2, 0.25) is 0 Å². The Hall–Kier alpha value is -1.46. The molecule has 1 aromatic rings. The number of hydrogen-bond donors (Lipinski definition) is 1. The maximum Gasteiger partial charge on any atom is 0.180 e. The van der Waals surface area contributed by atoms with E-state index < -0.39 is 5.82 Å². The summed E-state index contributed by atoms with van der Waals surface area (Å²) in [5.74, 6) is -1.05. The summed E-state index contributed by atoms with van der Waals surface area (Å²) in [6.45, 7) is 1.22. The topological polar surface area (TPSA) is 49.8 Å². The van der Waals surface area contributed by atoms with Crippen molar-refractivity contribution in [3.05, 3.63) is 29.6 Å². The Morgan fingerprint density at radius 1 is 1.53 bits per heavy atom. The van der Waals surface area contributed by atoms with Crippen molar-refractivity contribution >= 4 is 5.78 Å². The Morgan fingerprint density at radius 3 is 2.88 bits per heavy atom. The molecule has 0 heterocycles. The Kier molecular flexibility index (Phi) is 5.06. The van der Waals surface area contributed by atoms with Gasteiger partial charge in [0.25, 0.3) is 0 Å². The van der Waals surface area contributed by atoms with Crippen LogP contribution in [-0.2, 0) is 4.74 Å². The van der Waals surface area contributed by atoms with Gasteiger partial charge in [0.1, 0.15) is 11.6 Å². The molecule has 1 N–H and O–H groups in total. The maximum atomic E-state index is 13.0. The van der Waals surface area contributed by atoms with Crippen LogP contribution in [0.2, 0.25) is 0 Å². The number of phenolic OH excluding ortho intramolecular Hbond substituents is 1. The normalized spacial score (nSPS) is 10.8. The van der Waals surface area contributed by atoms with Crippen LogP contribution in [-0.4, -0.2) is 49.6 Å². The summed E-state index contributed by atoms with van der Waals surface area (Å²) in [4.78, 5) is 13.5. The Morgan fingerprint density at radius 2 is 2.24 bits per heavy atom. The van der Waals surface area contributed by atoms with E-state index in [0.29, 0.717) is 13.2 Å². The van der Waals surface area contributed by atoms with Crippen LogP contribution < -0.4 is 0 Å². The number of carbonyl (C=O) groups is 1. The number of likely N-dealkylation sites (N-methyl/N-ethyl adjacent to an activating group) is 1. The fourth-order valence-corrected chi connectivity index (χ4v) is 1.39. The van der Waals surface area contributed by atoms with Crippen LogP contribution in [0.25, 0.3) is 0 Å². The molecule has 4 nitrogen and oxygen atoms in total. The van der Waals surface area contributed by atoms with Crippen LogP contribution in [0.5, 0.6) is 5.75 Å². The van der Waals surface area contributed by atoms with Gasteiger partial charge in [0.05, 0.1) is 18.7 Å². The molecule has 0 aliphatic heterocycles. The molecule has 0 spiro atoms. The minimum Gasteiger partial charge on any atom is -0.507 e. The van der Waals surface area contributed by atoms with Gasteiger partial charge in [0, 0.05) is 13.7 Å². The Labute approximate surface area is 99.6 Å². The highest BCUT2D eigenvalue weighted by Crippen LogP contribution is 2.18. The number of carbonyl (C=O) groups excluding carboxylic acids is 1. The van der Waals surface area contributed by atoms with Gasteiger partial charge < -0.3 is 9.84 Å². The Balaban J connectivity index is 2.66. The number of benzene rings is 1. The predicted molar refractivity (Wildman–Crippen MR) is 61.8 cm³/mol. The molecule has 0 bridgehead atoms. The highest BCUT2D eigenvalue weighted by Gasteiger charge is 2.14. The van der Waals surface area contributed by atoms with Crippen LogP contribution in [0.3, 0.4) is 0 Å². The smallest absolute Gasteiger partial charge is 0.180 e. The number of rotatable bonds is 6. The summed E-state index contributed by atoms with van der Waals surface area (Å²) >= 11 is 0. The second-order valence-corrected chi connectivity index (χ2v) is 3.82. The lowest BCUT2D eigenvalue weighted by molar-refractivity contribution is 0.0919. The number of aromatic hydroxyl groups is 1. The standard InChI is InChI=1S/C12H16FNO3/c1-14(5-6-17-2)8-12(16)10-7-9(13)3-4-11(10)15/h3-4,7,15H,5-6,8H2,1-2H3. The Bertz CT molecular complexity index is 395. The van der Waals surface area contributed by atoms with Gasteiger partial charge in [-0.25, -0.2) is 4.39 Å². The van der Waals surface area contributed by atoms with E-state index in [1.165, 1.54) is 6.07 Å². The second kappa shape index (κ2) is 6.32. The molecule has 0 atom stereocenters. The highest BCUT2D eigenvalue weighted by molar-refractivity contribution is 5.99. The lowest BCUT2D eigenvalue weighted by atomic mass is 10.1. The third-order valence-corrected chi connectivity index (χ3v) is 2.35. The first-order valence-electron chi connectivity index (χ1n) is 5.23. The van der Waals surface area contributed by atoms with E-state index in [1.807, 2.05) is 0 Å². The van der Waals surface area contributed by atoms with Crippen molar-refractivity contribution in [1.82, 2.24) is 4.90 Å². The minimum absolute atomic E-state index is 0.00858. The van der Waals surface area contributed by atoms with E-state index in [1.54, 1.807) is 19.1 Å². The number of ketones is 1. The van der Waals surface area contributed by atoms with E-state index in [9.17, 15) is 14.3 Å². The first-order valence-corrected chi connectivity index (χ1v) is 5.23. The van der Waals surface area contributed by atoms with E-state index in [2.05, 4.69) is 0 Å². The lowest BCUT2D eigenvalue weighted by Crippen LogP contribution is -2.29. The SMILES string of the molecule is COCCN(C)CC(=O)c1cc(F)ccc1O. The predicted octanol–water partition coefficient (Wildman–Crippen LogP) is 1.29. The number of phenols is 1. The van der Waals surface area contributed by atoms with Gasteiger partial charge in [-0.2, -0.15) is 0 Å². The summed E-state index contributed by atoms with van der Waals surface area (Å²) in [6.07, 6.45) is 0. The van der Waals surface area contributed by atoms with Crippen molar-refractivity contribution in [1.29, 1.82) is 0 Å². The molecule has 0 unspecified atom stereocenters. The first kappa shape index (κ1) is 13.6. The maximum absolute atomic E-state index is 13.0. The highest BCUT2D eigenvalue weighted by atomic mass is 19.1. The van der Waals surface area contributed by atoms with E-state index in [-0.39, 0.29) is 23.6 Å². The van der Waals surface area contributed by atoms with E-state index >= 15 is 0 Å². The zero-order chi connectivity index (χ0) is 12.8. The van der Waals surface area contributed by atoms with Crippen molar-refractivity contribution in [3.8, 4) is 5.75 Å². The lowest BCUT2D eigenvalue weighted by Gasteiger charge is -2.15. The number of Topliss-reactive ketones (excluding diaryl/α,β-unsaturated/α-hetero) is 1. The van der Waals surface area contributed by atoms with E-state index in [0.717, 1.165) is 12.1 Å². The zero-order valence-electron chi connectivity index (χ0n) is 9.94. The van der Waals surface area contributed by atoms with Gasteiger partial charge >= 0.3 is 0 Å². The van der Waals surface area contributed by atoms with Gasteiger partial charge in [-0.05, 0) is 25.2 Å². The molecule has 0 radical (unpaired) electrons. The summed E-state index contributed by atoms with van der Waals surface area (Å²) in [6, 6.07) is 3.33. The second-order valence-electron chi connectivity index (χ2n) is 3.82. The van der Waals surface area contributed by atoms with Gasteiger partial charge in [-0.15, -0.1) is 0 Å². The molecule has 5 heteroatoms. The van der Waals surface area contributed by atoms with Crippen molar-refractivity contribution in [2.75, 3.05) is 33.9 Å². The first-order chi connectivity index (χ1) is 8.04. The van der Waals surface area contributed by atoms with Crippen molar-refractivity contribution in [2.24, 2.45) is 0 Å². The molecule has 0 saturated heterocycles. The summed E-state index contributed by atoms with van der Waals surface area (Å²) in [5, 5.41) is 9.46. The molecule has 0 aliphatic rings. The molecule has 0 saturated carbocycles. The van der Waals surface area contributed by atoms with Crippen LogP contribution in [0.4, 0.5) is 4.39 Å². The number of halogens is 1. The van der Waals surface area contributed by atoms with Crippen LogP contribution in [0.1, 0.15) is 10.4 Å². The molecule has 17 heavy (non-hydrogen) atoms. The molecule has 0 aromatic heterocycles. The van der Waals surface area contributed by atoms with E-state index in [4.69, 9.17) is 4.74 Å². The summed E-state index contributed by atoms with van der Waals surface area (Å²) in [5.41, 5.74) is 0.00858. The van der Waals surface area contributed by atoms with Gasteiger partial charge in [-0.1, -0.05) is 0 Å². The van der Waals surface area contributed by atoms with Crippen LogP contribution in [0.15, 0.2) is 18.2 Å². The molecule has 1 rings (SSSR count). The van der Waals surface area contributed by atoms with Gasteiger partial charge in [-0.3, -0.25) is 9.69 Å². The third kappa shape index (κ3) is 4.13. The average molecular weight is 241 g/mol. The summed E-state index contributed by atoms with van der Waals surface area (Å²) < 4.78 is 17.8. The number of methoxy groups -OCH3 is 1. The quantitative estimate of drug-likeness (QED) is 0.762. The number of nitrogens with zero attached hydrogens (tertiary/aromatic N) is 1. The number of hydrogen-bond acceptors (Lipinski definition) is 4. The minimum atomic E-state index is -0.536. The fourth-order valence-electron chi connectivity index (χ4n) is 1.39. The molecular formula is C12H16FNO3. The molecular weight excluding hydrogens is 225 g/mol. The largest absolute Gasteiger partial charge is 0.507 e. The zero-order valence-corrected chi connectivity index (χ0v) is 9.94. The number of ether oxygens (including phenoxy) is 1. The molecule has 94 valence electrons. The molecule has 0 aliphatic carbocycles. The van der Waals surface area contributed by atoms with Crippen LogP contribution in [0, 0.1) is 5.82 Å². The monoisotopic (exact) mass is 241 g/mol. The van der Waals surface area contributed by atoms with Crippen molar-refractivity contribution in [2.45, 2.75) is 0 Å². The van der Waals surface area contributed by atoms with Crippen molar-refractivity contribution in [3.63, 3.8) is 0 Å². The molecule has 0 amide bonds. The fraction of sp³-hybridized carbons (Fsp3) is 0.417. The third-order valence-electron chi connectivity index (χ3n) is 2.35. The average Bonchev–Trinajstić information content (AvgIpc) is 2.29. The van der Waals surface area contributed by atoms with Crippen LogP contribution >= 0.6 is 0 Å². The van der Waals surface area contributed by atoms with Gasteiger partial charge in [0.15, 0.2) is 5.78 Å².